The van der Waals surface area contributed by atoms with Crippen molar-refractivity contribution in [1.82, 2.24) is 10.6 Å². The van der Waals surface area contributed by atoms with E-state index in [4.69, 9.17) is 15.0 Å². The van der Waals surface area contributed by atoms with Gasteiger partial charge in [-0.05, 0) is 49.9 Å². The van der Waals surface area contributed by atoms with Gasteiger partial charge < -0.3 is 15.4 Å². The second-order valence-corrected chi connectivity index (χ2v) is 7.49. The zero-order chi connectivity index (χ0) is 20.5. The van der Waals surface area contributed by atoms with Gasteiger partial charge in [0, 0.05) is 25.6 Å². The molecule has 1 heterocycles. The number of nitriles is 1. The third-order valence-corrected chi connectivity index (χ3v) is 5.23. The first-order valence-corrected chi connectivity index (χ1v) is 10.4. The van der Waals surface area contributed by atoms with Crippen LogP contribution in [0.5, 0.6) is 0 Å². The topological polar surface area (TPSA) is 69.4 Å². The number of nitrogens with one attached hydrogen (secondary N) is 2. The second kappa shape index (κ2) is 12.6. The molecule has 6 heteroatoms. The van der Waals surface area contributed by atoms with Crippen LogP contribution in [-0.4, -0.2) is 25.7 Å². The minimum atomic E-state index is 0. The Bertz CT molecular complexity index is 843. The molecule has 0 spiro atoms. The lowest BCUT2D eigenvalue weighted by Gasteiger charge is -2.32. The summed E-state index contributed by atoms with van der Waals surface area (Å²) in [5.74, 6) is 1.22. The Morgan fingerprint density at radius 3 is 2.53 bits per heavy atom. The highest BCUT2D eigenvalue weighted by Gasteiger charge is 2.27. The van der Waals surface area contributed by atoms with Crippen LogP contribution in [0.25, 0.3) is 0 Å². The lowest BCUT2D eigenvalue weighted by Crippen LogP contribution is -2.42. The maximum atomic E-state index is 8.92. The minimum absolute atomic E-state index is 0. The van der Waals surface area contributed by atoms with Gasteiger partial charge in [0.25, 0.3) is 0 Å². The average Bonchev–Trinajstić information content (AvgIpc) is 2.77. The number of aryl methyl sites for hydroxylation is 1. The van der Waals surface area contributed by atoms with Crippen LogP contribution in [0.15, 0.2) is 53.5 Å². The van der Waals surface area contributed by atoms with Gasteiger partial charge in [-0.15, -0.1) is 24.0 Å². The highest BCUT2D eigenvalue weighted by atomic mass is 127. The van der Waals surface area contributed by atoms with Crippen LogP contribution in [0.1, 0.15) is 48.1 Å². The monoisotopic (exact) mass is 518 g/mol. The maximum Gasteiger partial charge on any atom is 0.191 e. The number of guanidine groups is 1. The largest absolute Gasteiger partial charge is 0.373 e. The first-order chi connectivity index (χ1) is 14.2. The number of hydrogen-bond donors (Lipinski definition) is 2. The van der Waals surface area contributed by atoms with E-state index in [9.17, 15) is 0 Å². The summed E-state index contributed by atoms with van der Waals surface area (Å²) in [6.45, 7) is 7.19. The molecule has 0 saturated carbocycles. The van der Waals surface area contributed by atoms with Crippen molar-refractivity contribution in [1.29, 1.82) is 5.26 Å². The van der Waals surface area contributed by atoms with Crippen molar-refractivity contribution < 1.29 is 4.74 Å². The molecule has 0 aliphatic carbocycles. The van der Waals surface area contributed by atoms with E-state index in [1.807, 2.05) is 24.3 Å². The summed E-state index contributed by atoms with van der Waals surface area (Å²) in [6.07, 6.45) is 2.35. The molecule has 2 atom stereocenters. The molecule has 0 bridgehead atoms. The Hall–Kier alpha value is -2.11. The van der Waals surface area contributed by atoms with Gasteiger partial charge in [0.15, 0.2) is 5.96 Å². The fourth-order valence-electron chi connectivity index (χ4n) is 3.60. The predicted molar refractivity (Wildman–Crippen MR) is 132 cm³/mol. The van der Waals surface area contributed by atoms with E-state index in [1.165, 1.54) is 11.1 Å². The standard InChI is InChI=1S/C24H30N4O.HI/c1-3-26-24(27-16-20-10-8-19(15-25)9-11-20)28-17-22-5-4-14-29-23(22)21-12-6-18(2)7-13-21;/h6-13,22-23H,3-5,14,16-17H2,1-2H3,(H2,26,27,28);1H. The van der Waals surface area contributed by atoms with E-state index >= 15 is 0 Å². The summed E-state index contributed by atoms with van der Waals surface area (Å²) in [7, 11) is 0. The molecule has 2 unspecified atom stereocenters. The van der Waals surface area contributed by atoms with E-state index in [0.717, 1.165) is 44.1 Å². The number of rotatable bonds is 6. The van der Waals surface area contributed by atoms with Crippen LogP contribution in [0.3, 0.4) is 0 Å². The van der Waals surface area contributed by atoms with Gasteiger partial charge in [0.05, 0.1) is 24.3 Å². The van der Waals surface area contributed by atoms with E-state index in [2.05, 4.69) is 54.8 Å². The van der Waals surface area contributed by atoms with Crippen LogP contribution in [-0.2, 0) is 11.3 Å². The van der Waals surface area contributed by atoms with E-state index < -0.39 is 0 Å². The summed E-state index contributed by atoms with van der Waals surface area (Å²) in [5, 5.41) is 15.7. The van der Waals surface area contributed by atoms with Crippen LogP contribution in [0, 0.1) is 24.2 Å². The van der Waals surface area contributed by atoms with Crippen LogP contribution >= 0.6 is 24.0 Å². The van der Waals surface area contributed by atoms with Gasteiger partial charge in [-0.2, -0.15) is 5.26 Å². The summed E-state index contributed by atoms with van der Waals surface area (Å²) in [4.78, 5) is 4.70. The van der Waals surface area contributed by atoms with Crippen molar-refractivity contribution in [3.63, 3.8) is 0 Å². The third-order valence-electron chi connectivity index (χ3n) is 5.23. The Balaban J connectivity index is 0.00000320. The van der Waals surface area contributed by atoms with Crippen molar-refractivity contribution in [3.8, 4) is 6.07 Å². The Labute approximate surface area is 197 Å². The number of benzene rings is 2. The van der Waals surface area contributed by atoms with Crippen molar-refractivity contribution in [3.05, 3.63) is 70.8 Å². The van der Waals surface area contributed by atoms with Crippen molar-refractivity contribution in [2.45, 2.75) is 39.3 Å². The van der Waals surface area contributed by atoms with Crippen molar-refractivity contribution in [2.24, 2.45) is 10.9 Å². The van der Waals surface area contributed by atoms with E-state index in [1.54, 1.807) is 0 Å². The fourth-order valence-corrected chi connectivity index (χ4v) is 3.60. The molecule has 2 aromatic rings. The molecule has 160 valence electrons. The van der Waals surface area contributed by atoms with Crippen LogP contribution in [0.2, 0.25) is 0 Å². The van der Waals surface area contributed by atoms with Crippen molar-refractivity contribution in [2.75, 3.05) is 19.7 Å². The molecule has 3 rings (SSSR count). The lowest BCUT2D eigenvalue weighted by molar-refractivity contribution is -0.0265. The van der Waals surface area contributed by atoms with E-state index in [0.29, 0.717) is 18.0 Å². The Kier molecular flexibility index (Phi) is 10.1. The molecule has 0 radical (unpaired) electrons. The summed E-state index contributed by atoms with van der Waals surface area (Å²) in [5.41, 5.74) is 4.27. The molecule has 2 N–H and O–H groups in total. The first kappa shape index (κ1) is 24.2. The Morgan fingerprint density at radius 1 is 1.13 bits per heavy atom. The first-order valence-electron chi connectivity index (χ1n) is 10.4. The zero-order valence-electron chi connectivity index (χ0n) is 17.7. The number of aliphatic imine (C=N–C) groups is 1. The fraction of sp³-hybridized carbons (Fsp3) is 0.417. The number of ether oxygens (including phenoxy) is 1. The third kappa shape index (κ3) is 6.99. The van der Waals surface area contributed by atoms with Gasteiger partial charge in [-0.25, -0.2) is 4.99 Å². The molecule has 1 aliphatic heterocycles. The Morgan fingerprint density at radius 2 is 1.87 bits per heavy atom. The molecule has 30 heavy (non-hydrogen) atoms. The summed E-state index contributed by atoms with van der Waals surface area (Å²) >= 11 is 0. The quantitative estimate of drug-likeness (QED) is 0.330. The van der Waals surface area contributed by atoms with Crippen LogP contribution < -0.4 is 10.6 Å². The highest BCUT2D eigenvalue weighted by Crippen LogP contribution is 2.33. The van der Waals surface area contributed by atoms with Gasteiger partial charge in [0.2, 0.25) is 0 Å². The van der Waals surface area contributed by atoms with Crippen LogP contribution in [0.4, 0.5) is 0 Å². The molecule has 0 aromatic heterocycles. The molecule has 0 amide bonds. The highest BCUT2D eigenvalue weighted by molar-refractivity contribution is 14.0. The maximum absolute atomic E-state index is 8.92. The molecule has 1 aliphatic rings. The SMILES string of the molecule is CCNC(=NCc1ccc(C#N)cc1)NCC1CCCOC1c1ccc(C)cc1.I. The second-order valence-electron chi connectivity index (χ2n) is 7.49. The zero-order valence-corrected chi connectivity index (χ0v) is 20.1. The molecule has 1 saturated heterocycles. The van der Waals surface area contributed by atoms with Gasteiger partial charge >= 0.3 is 0 Å². The molecule has 5 nitrogen and oxygen atoms in total. The molecular formula is C24H31IN4O. The minimum Gasteiger partial charge on any atom is -0.373 e. The summed E-state index contributed by atoms with van der Waals surface area (Å²) in [6, 6.07) is 18.4. The average molecular weight is 518 g/mol. The normalized spacial score (nSPS) is 18.8. The van der Waals surface area contributed by atoms with Gasteiger partial charge in [-0.1, -0.05) is 42.0 Å². The lowest BCUT2D eigenvalue weighted by atomic mass is 9.89. The van der Waals surface area contributed by atoms with E-state index in [-0.39, 0.29) is 30.1 Å². The molecule has 2 aromatic carbocycles. The van der Waals surface area contributed by atoms with Crippen molar-refractivity contribution >= 4 is 29.9 Å². The van der Waals surface area contributed by atoms with Gasteiger partial charge in [0.1, 0.15) is 0 Å². The molecule has 1 fully saturated rings. The number of halogens is 1. The van der Waals surface area contributed by atoms with Gasteiger partial charge in [-0.3, -0.25) is 0 Å². The molecular weight excluding hydrogens is 487 g/mol. The number of nitrogens with zero attached hydrogens (tertiary/aromatic N) is 2. The summed E-state index contributed by atoms with van der Waals surface area (Å²) < 4.78 is 6.13. The number of hydrogen-bond acceptors (Lipinski definition) is 3. The predicted octanol–water partition coefficient (Wildman–Crippen LogP) is 4.71. The smallest absolute Gasteiger partial charge is 0.191 e.